The van der Waals surface area contributed by atoms with E-state index in [0.29, 0.717) is 6.54 Å². The highest BCUT2D eigenvalue weighted by molar-refractivity contribution is 9.10. The van der Waals surface area contributed by atoms with Crippen LogP contribution in [0.3, 0.4) is 0 Å². The molecule has 0 fully saturated rings. The minimum atomic E-state index is 0.0945. The number of halogens is 1. The third kappa shape index (κ3) is 2.20. The van der Waals surface area contributed by atoms with Gasteiger partial charge in [-0.05, 0) is 42.8 Å². The molecule has 1 heterocycles. The zero-order chi connectivity index (χ0) is 14.3. The summed E-state index contributed by atoms with van der Waals surface area (Å²) in [5.74, 6) is 0.0945. The lowest BCUT2D eigenvalue weighted by Crippen LogP contribution is -2.41. The number of carbonyl (C=O) groups excluding carboxylic acids is 1. The average molecular weight is 331 g/mol. The number of hydrogen-bond donors (Lipinski definition) is 0. The van der Waals surface area contributed by atoms with Gasteiger partial charge in [0.05, 0.1) is 11.4 Å². The number of anilines is 3. The maximum atomic E-state index is 12.2. The lowest BCUT2D eigenvalue weighted by atomic mass is 10.1. The van der Waals surface area contributed by atoms with E-state index in [1.165, 1.54) is 5.56 Å². The van der Waals surface area contributed by atoms with E-state index in [-0.39, 0.29) is 5.91 Å². The summed E-state index contributed by atoms with van der Waals surface area (Å²) in [5, 5.41) is 0. The molecule has 1 aliphatic rings. The van der Waals surface area contributed by atoms with Gasteiger partial charge in [-0.2, -0.15) is 0 Å². The molecule has 0 saturated carbocycles. The second kappa shape index (κ2) is 4.94. The molecule has 0 unspecified atom stereocenters. The Labute approximate surface area is 126 Å². The molecule has 0 N–H and O–H groups in total. The van der Waals surface area contributed by atoms with Crippen LogP contribution in [0.15, 0.2) is 46.9 Å². The second-order valence-corrected chi connectivity index (χ2v) is 5.93. The van der Waals surface area contributed by atoms with Crippen molar-refractivity contribution in [3.63, 3.8) is 0 Å². The Hall–Kier alpha value is -1.81. The summed E-state index contributed by atoms with van der Waals surface area (Å²) in [6.07, 6.45) is 0. The molecule has 0 radical (unpaired) electrons. The molecule has 2 aromatic rings. The molecule has 3 nitrogen and oxygen atoms in total. The highest BCUT2D eigenvalue weighted by Crippen LogP contribution is 2.39. The Kier molecular flexibility index (Phi) is 3.26. The molecular weight excluding hydrogens is 316 g/mol. The highest BCUT2D eigenvalue weighted by Gasteiger charge is 2.27. The van der Waals surface area contributed by atoms with Crippen molar-refractivity contribution >= 4 is 38.9 Å². The van der Waals surface area contributed by atoms with Crippen LogP contribution in [0.2, 0.25) is 0 Å². The van der Waals surface area contributed by atoms with E-state index >= 15 is 0 Å². The van der Waals surface area contributed by atoms with Gasteiger partial charge in [0.1, 0.15) is 6.54 Å². The van der Waals surface area contributed by atoms with Crippen molar-refractivity contribution in [1.29, 1.82) is 0 Å². The van der Waals surface area contributed by atoms with Gasteiger partial charge < -0.3 is 9.80 Å². The molecule has 3 rings (SSSR count). The molecule has 0 bridgehead atoms. The maximum absolute atomic E-state index is 12.2. The molecule has 1 amide bonds. The Balaban J connectivity index is 2.14. The van der Waals surface area contributed by atoms with E-state index in [2.05, 4.69) is 39.9 Å². The quantitative estimate of drug-likeness (QED) is 0.792. The molecule has 102 valence electrons. The summed E-state index contributed by atoms with van der Waals surface area (Å²) in [7, 11) is 1.82. The summed E-state index contributed by atoms with van der Waals surface area (Å²) in [6, 6.07) is 14.3. The van der Waals surface area contributed by atoms with Crippen LogP contribution in [-0.4, -0.2) is 19.5 Å². The van der Waals surface area contributed by atoms with Crippen molar-refractivity contribution in [2.75, 3.05) is 23.4 Å². The van der Waals surface area contributed by atoms with Gasteiger partial charge in [0.25, 0.3) is 0 Å². The third-order valence-corrected chi connectivity index (χ3v) is 4.06. The zero-order valence-electron chi connectivity index (χ0n) is 11.4. The fourth-order valence-corrected chi connectivity index (χ4v) is 2.83. The normalized spacial score (nSPS) is 14.4. The van der Waals surface area contributed by atoms with Crippen LogP contribution in [0.5, 0.6) is 0 Å². The van der Waals surface area contributed by atoms with E-state index in [1.807, 2.05) is 37.4 Å². The fourth-order valence-electron chi connectivity index (χ4n) is 2.48. The van der Waals surface area contributed by atoms with E-state index in [1.54, 1.807) is 4.90 Å². The predicted molar refractivity (Wildman–Crippen MR) is 85.7 cm³/mol. The van der Waals surface area contributed by atoms with Crippen LogP contribution >= 0.6 is 15.9 Å². The lowest BCUT2D eigenvalue weighted by Gasteiger charge is -2.35. The van der Waals surface area contributed by atoms with Gasteiger partial charge in [0, 0.05) is 17.2 Å². The Bertz CT molecular complexity index is 684. The summed E-state index contributed by atoms with van der Waals surface area (Å²) >= 11 is 3.47. The van der Waals surface area contributed by atoms with Crippen LogP contribution in [0.4, 0.5) is 17.1 Å². The summed E-state index contributed by atoms with van der Waals surface area (Å²) in [4.78, 5) is 16.0. The van der Waals surface area contributed by atoms with Crippen LogP contribution in [-0.2, 0) is 4.79 Å². The van der Waals surface area contributed by atoms with E-state index in [9.17, 15) is 4.79 Å². The van der Waals surface area contributed by atoms with Crippen LogP contribution in [0, 0.1) is 6.92 Å². The fraction of sp³-hybridized carbons (Fsp3) is 0.188. The number of amides is 1. The number of fused-ring (bicyclic) bond motifs is 1. The van der Waals surface area contributed by atoms with Gasteiger partial charge in [0.2, 0.25) is 5.91 Å². The average Bonchev–Trinajstić information content (AvgIpc) is 2.43. The summed E-state index contributed by atoms with van der Waals surface area (Å²) in [5.41, 5.74) is 4.22. The summed E-state index contributed by atoms with van der Waals surface area (Å²) < 4.78 is 0.974. The molecule has 2 aromatic carbocycles. The summed E-state index contributed by atoms with van der Waals surface area (Å²) in [6.45, 7) is 2.43. The van der Waals surface area contributed by atoms with E-state index in [4.69, 9.17) is 0 Å². The SMILES string of the molecule is Cc1cccc(N2CC(=O)N(C)c3cc(Br)ccc32)c1. The molecule has 0 aromatic heterocycles. The largest absolute Gasteiger partial charge is 0.330 e. The third-order valence-electron chi connectivity index (χ3n) is 3.57. The van der Waals surface area contributed by atoms with Crippen LogP contribution < -0.4 is 9.80 Å². The molecule has 20 heavy (non-hydrogen) atoms. The van der Waals surface area contributed by atoms with Crippen molar-refractivity contribution in [1.82, 2.24) is 0 Å². The van der Waals surface area contributed by atoms with Crippen molar-refractivity contribution in [3.8, 4) is 0 Å². The smallest absolute Gasteiger partial charge is 0.246 e. The Morgan fingerprint density at radius 1 is 1.10 bits per heavy atom. The molecule has 4 heteroatoms. The van der Waals surface area contributed by atoms with Gasteiger partial charge in [0.15, 0.2) is 0 Å². The standard InChI is InChI=1S/C16H15BrN2O/c1-11-4-3-5-13(8-11)19-10-16(20)18(2)15-9-12(17)6-7-14(15)19/h3-9H,10H2,1-2H3. The van der Waals surface area contributed by atoms with Crippen molar-refractivity contribution in [2.45, 2.75) is 6.92 Å². The van der Waals surface area contributed by atoms with Crippen molar-refractivity contribution < 1.29 is 4.79 Å². The second-order valence-electron chi connectivity index (χ2n) is 5.01. The van der Waals surface area contributed by atoms with Gasteiger partial charge in [-0.3, -0.25) is 4.79 Å². The predicted octanol–water partition coefficient (Wildman–Crippen LogP) is 3.87. The number of carbonyl (C=O) groups is 1. The van der Waals surface area contributed by atoms with Gasteiger partial charge in [-0.15, -0.1) is 0 Å². The first-order valence-electron chi connectivity index (χ1n) is 6.46. The molecule has 0 saturated heterocycles. The first kappa shape index (κ1) is 13.2. The zero-order valence-corrected chi connectivity index (χ0v) is 13.0. The molecular formula is C16H15BrN2O. The number of aryl methyl sites for hydroxylation is 1. The maximum Gasteiger partial charge on any atom is 0.246 e. The van der Waals surface area contributed by atoms with Crippen molar-refractivity contribution in [2.24, 2.45) is 0 Å². The van der Waals surface area contributed by atoms with Gasteiger partial charge in [-0.25, -0.2) is 0 Å². The number of likely N-dealkylation sites (N-methyl/N-ethyl adjacent to an activating group) is 1. The first-order valence-corrected chi connectivity index (χ1v) is 7.26. The Morgan fingerprint density at radius 3 is 2.65 bits per heavy atom. The molecule has 1 aliphatic heterocycles. The van der Waals surface area contributed by atoms with Gasteiger partial charge >= 0.3 is 0 Å². The minimum Gasteiger partial charge on any atom is -0.330 e. The van der Waals surface area contributed by atoms with Gasteiger partial charge in [-0.1, -0.05) is 28.1 Å². The van der Waals surface area contributed by atoms with Crippen LogP contribution in [0.25, 0.3) is 0 Å². The van der Waals surface area contributed by atoms with Crippen molar-refractivity contribution in [3.05, 3.63) is 52.5 Å². The molecule has 0 spiro atoms. The number of rotatable bonds is 1. The number of benzene rings is 2. The first-order chi connectivity index (χ1) is 9.56. The van der Waals surface area contributed by atoms with E-state index in [0.717, 1.165) is 21.5 Å². The highest BCUT2D eigenvalue weighted by atomic mass is 79.9. The van der Waals surface area contributed by atoms with E-state index < -0.39 is 0 Å². The molecule has 0 atom stereocenters. The monoisotopic (exact) mass is 330 g/mol. The number of hydrogen-bond acceptors (Lipinski definition) is 2. The minimum absolute atomic E-state index is 0.0945. The van der Waals surface area contributed by atoms with Crippen LogP contribution in [0.1, 0.15) is 5.56 Å². The molecule has 0 aliphatic carbocycles. The Morgan fingerprint density at radius 2 is 1.90 bits per heavy atom. The number of nitrogens with zero attached hydrogens (tertiary/aromatic N) is 2. The lowest BCUT2D eigenvalue weighted by molar-refractivity contribution is -0.117. The topological polar surface area (TPSA) is 23.6 Å².